The van der Waals surface area contributed by atoms with Gasteiger partial charge in [-0.25, -0.2) is 0 Å². The number of carbonyl (C=O) groups excluding carboxylic acids is 5. The number of primary amides is 1. The zero-order valence-corrected chi connectivity index (χ0v) is 29.5. The predicted octanol–water partition coefficient (Wildman–Crippen LogP) is 3.49. The van der Waals surface area contributed by atoms with Gasteiger partial charge in [-0.05, 0) is 53.9 Å². The van der Waals surface area contributed by atoms with E-state index in [0.717, 1.165) is 18.4 Å². The van der Waals surface area contributed by atoms with Crippen LogP contribution in [0.3, 0.4) is 0 Å². The van der Waals surface area contributed by atoms with Crippen LogP contribution in [-0.4, -0.2) is 77.4 Å². The SMILES string of the molecule is COc1ccc(Cl)cc1C1=NO[C@]2(C1)C[C@@H](C(=O)N[C@@H](CC1CC1)C(=O)C(N)=O)N(C(=O)[C@@H](NC(=O)[C@H]1C[C@@H]1c1ccccc1)C(C)(C)C)C2. The van der Waals surface area contributed by atoms with Gasteiger partial charge in [-0.2, -0.15) is 0 Å². The van der Waals surface area contributed by atoms with Crippen LogP contribution in [0.5, 0.6) is 5.75 Å². The van der Waals surface area contributed by atoms with Gasteiger partial charge >= 0.3 is 0 Å². The molecule has 2 aliphatic carbocycles. The van der Waals surface area contributed by atoms with Crippen LogP contribution < -0.4 is 21.1 Å². The topological polar surface area (TPSA) is 169 Å². The van der Waals surface area contributed by atoms with Crippen molar-refractivity contribution in [3.63, 3.8) is 0 Å². The monoisotopic (exact) mass is 705 g/mol. The lowest BCUT2D eigenvalue weighted by atomic mass is 9.85. The first-order valence-corrected chi connectivity index (χ1v) is 17.5. The second-order valence-electron chi connectivity index (χ2n) is 15.2. The summed E-state index contributed by atoms with van der Waals surface area (Å²) in [6.45, 7) is 5.55. The van der Waals surface area contributed by atoms with Crippen LogP contribution in [0, 0.1) is 17.3 Å². The van der Waals surface area contributed by atoms with Gasteiger partial charge in [0, 0.05) is 29.3 Å². The fourth-order valence-corrected chi connectivity index (χ4v) is 7.33. The van der Waals surface area contributed by atoms with Gasteiger partial charge in [-0.3, -0.25) is 24.0 Å². The summed E-state index contributed by atoms with van der Waals surface area (Å²) in [5.41, 5.74) is 5.75. The Morgan fingerprint density at radius 1 is 1.08 bits per heavy atom. The normalized spacial score (nSPS) is 25.3. The van der Waals surface area contributed by atoms with Crippen molar-refractivity contribution in [2.45, 2.75) is 88.9 Å². The Morgan fingerprint density at radius 3 is 2.44 bits per heavy atom. The number of oxime groups is 1. The van der Waals surface area contributed by atoms with Crippen molar-refractivity contribution in [1.29, 1.82) is 0 Å². The number of rotatable bonds is 12. The standard InChI is InChI=1S/C37H44ClN5O7/c1-36(2,3)31(41-33(46)24-16-23(24)21-8-6-5-7-9-21)35(48)43-19-37(17-27(42-50-37)25-15-22(38)12-13-29(25)49-4)18-28(43)34(47)40-26(14-20-10-11-20)30(44)32(39)45/h5-9,12-13,15,20,23-24,26,28,31H,10-11,14,16-19H2,1-4H3,(H2,39,45)(H,40,47)(H,41,46)/t23-,24+,26+,28+,31-,37-/m1/s1. The molecule has 0 radical (unpaired) electrons. The van der Waals surface area contributed by atoms with Gasteiger partial charge in [0.15, 0.2) is 5.60 Å². The molecule has 0 bridgehead atoms. The molecule has 6 atom stereocenters. The fourth-order valence-electron chi connectivity index (χ4n) is 7.15. The summed E-state index contributed by atoms with van der Waals surface area (Å²) in [5.74, 6) is -2.80. The van der Waals surface area contributed by atoms with Gasteiger partial charge in [-0.15, -0.1) is 0 Å². The van der Waals surface area contributed by atoms with E-state index in [1.807, 2.05) is 51.1 Å². The highest BCUT2D eigenvalue weighted by molar-refractivity contribution is 6.37. The molecular formula is C37H44ClN5O7. The van der Waals surface area contributed by atoms with Crippen molar-refractivity contribution in [1.82, 2.24) is 15.5 Å². The quantitative estimate of drug-likeness (QED) is 0.284. The summed E-state index contributed by atoms with van der Waals surface area (Å²) < 4.78 is 5.54. The third kappa shape index (κ3) is 7.50. The molecule has 4 aliphatic rings. The second-order valence-corrected chi connectivity index (χ2v) is 15.6. The Hall–Kier alpha value is -4.45. The molecule has 13 heteroatoms. The Labute approximate surface area is 296 Å². The van der Waals surface area contributed by atoms with Crippen molar-refractivity contribution in [2.75, 3.05) is 13.7 Å². The van der Waals surface area contributed by atoms with Crippen molar-refractivity contribution in [3.8, 4) is 5.75 Å². The molecular weight excluding hydrogens is 662 g/mol. The molecule has 1 saturated heterocycles. The van der Waals surface area contributed by atoms with Crippen LogP contribution in [0.15, 0.2) is 53.7 Å². The van der Waals surface area contributed by atoms with E-state index in [2.05, 4.69) is 15.8 Å². The number of benzene rings is 2. The number of nitrogens with zero attached hydrogens (tertiary/aromatic N) is 2. The molecule has 266 valence electrons. The third-order valence-corrected chi connectivity index (χ3v) is 10.4. The van der Waals surface area contributed by atoms with E-state index < -0.39 is 52.6 Å². The van der Waals surface area contributed by atoms with E-state index in [4.69, 9.17) is 26.9 Å². The molecule has 12 nitrogen and oxygen atoms in total. The molecule has 2 aromatic carbocycles. The molecule has 0 unspecified atom stereocenters. The smallest absolute Gasteiger partial charge is 0.287 e. The molecule has 4 amide bonds. The van der Waals surface area contributed by atoms with Gasteiger partial charge < -0.3 is 30.8 Å². The summed E-state index contributed by atoms with van der Waals surface area (Å²) in [6.07, 6.45) is 3.00. The Balaban J connectivity index is 1.26. The van der Waals surface area contributed by atoms with E-state index in [1.54, 1.807) is 18.2 Å². The lowest BCUT2D eigenvalue weighted by Gasteiger charge is -2.35. The first-order valence-electron chi connectivity index (χ1n) is 17.1. The zero-order valence-electron chi connectivity index (χ0n) is 28.7. The summed E-state index contributed by atoms with van der Waals surface area (Å²) in [5, 5.41) is 10.6. The summed E-state index contributed by atoms with van der Waals surface area (Å²) in [7, 11) is 1.53. The van der Waals surface area contributed by atoms with Gasteiger partial charge in [-0.1, -0.05) is 80.7 Å². The summed E-state index contributed by atoms with van der Waals surface area (Å²) >= 11 is 6.31. The molecule has 50 heavy (non-hydrogen) atoms. The number of hydrogen-bond donors (Lipinski definition) is 3. The number of nitrogens with one attached hydrogen (secondary N) is 2. The van der Waals surface area contributed by atoms with Gasteiger partial charge in [0.05, 0.1) is 25.4 Å². The highest BCUT2D eigenvalue weighted by Crippen LogP contribution is 2.48. The molecule has 1 spiro atoms. The van der Waals surface area contributed by atoms with Crippen molar-refractivity contribution < 1.29 is 33.5 Å². The molecule has 2 saturated carbocycles. The van der Waals surface area contributed by atoms with Crippen molar-refractivity contribution in [3.05, 3.63) is 64.7 Å². The lowest BCUT2D eigenvalue weighted by Crippen LogP contribution is -2.59. The minimum Gasteiger partial charge on any atom is -0.496 e. The van der Waals surface area contributed by atoms with E-state index in [0.29, 0.717) is 28.5 Å². The van der Waals surface area contributed by atoms with Crippen LogP contribution in [0.2, 0.25) is 5.02 Å². The molecule has 2 aliphatic heterocycles. The number of carbonyl (C=O) groups is 5. The van der Waals surface area contributed by atoms with Crippen molar-refractivity contribution >= 4 is 46.7 Å². The second kappa shape index (κ2) is 13.7. The maximum atomic E-state index is 14.6. The van der Waals surface area contributed by atoms with Crippen LogP contribution in [-0.2, 0) is 28.8 Å². The number of likely N-dealkylation sites (tertiary alicyclic amines) is 1. The highest BCUT2D eigenvalue weighted by Gasteiger charge is 2.56. The number of nitrogens with two attached hydrogens (primary N) is 1. The van der Waals surface area contributed by atoms with E-state index in [1.165, 1.54) is 12.0 Å². The highest BCUT2D eigenvalue weighted by atomic mass is 35.5. The largest absolute Gasteiger partial charge is 0.496 e. The number of halogens is 1. The minimum atomic E-state index is -1.14. The van der Waals surface area contributed by atoms with Crippen molar-refractivity contribution in [2.24, 2.45) is 28.1 Å². The minimum absolute atomic E-state index is 0.0185. The molecule has 3 fully saturated rings. The summed E-state index contributed by atoms with van der Waals surface area (Å²) in [4.78, 5) is 74.6. The molecule has 6 rings (SSSR count). The predicted molar refractivity (Wildman–Crippen MR) is 185 cm³/mol. The first-order chi connectivity index (χ1) is 23.7. The van der Waals surface area contributed by atoms with Crippen LogP contribution in [0.1, 0.15) is 76.3 Å². The average Bonchev–Trinajstić information content (AvgIpc) is 4.00. The van der Waals surface area contributed by atoms with Crippen LogP contribution in [0.25, 0.3) is 0 Å². The summed E-state index contributed by atoms with van der Waals surface area (Å²) in [6, 6.07) is 11.7. The Kier molecular flexibility index (Phi) is 9.69. The van der Waals surface area contributed by atoms with Crippen LogP contribution in [0.4, 0.5) is 0 Å². The van der Waals surface area contributed by atoms with E-state index >= 15 is 0 Å². The molecule has 2 heterocycles. The van der Waals surface area contributed by atoms with Gasteiger partial charge in [0.1, 0.15) is 17.8 Å². The maximum Gasteiger partial charge on any atom is 0.287 e. The number of ketones is 1. The number of amides is 4. The molecule has 2 aromatic rings. The lowest BCUT2D eigenvalue weighted by molar-refractivity contribution is -0.145. The number of hydrogen-bond acceptors (Lipinski definition) is 8. The number of methoxy groups -OCH3 is 1. The Morgan fingerprint density at radius 2 is 1.80 bits per heavy atom. The van der Waals surface area contributed by atoms with Gasteiger partial charge in [0.25, 0.3) is 5.91 Å². The van der Waals surface area contributed by atoms with E-state index in [9.17, 15) is 24.0 Å². The fraction of sp³-hybridized carbons (Fsp3) is 0.514. The van der Waals surface area contributed by atoms with Gasteiger partial charge in [0.2, 0.25) is 23.5 Å². The number of Topliss-reactive ketones (excluding diaryl/α,β-unsaturated/α-hetero) is 1. The number of ether oxygens (including phenoxy) is 1. The molecule has 4 N–H and O–H groups in total. The maximum absolute atomic E-state index is 14.6. The molecule has 0 aromatic heterocycles. The van der Waals surface area contributed by atoms with Crippen LogP contribution >= 0.6 is 11.6 Å². The first kappa shape index (κ1) is 35.4. The third-order valence-electron chi connectivity index (χ3n) is 10.2. The Bertz CT molecular complexity index is 1720. The van der Waals surface area contributed by atoms with E-state index in [-0.39, 0.29) is 49.5 Å². The zero-order chi connectivity index (χ0) is 36.0. The average molecular weight is 706 g/mol.